The van der Waals surface area contributed by atoms with Crippen LogP contribution >= 0.6 is 0 Å². The SMILES string of the molecule is Cc1ccc2c(c1)S(=O)(=O)N(C)c1ccccc1C2NC(C)C. The minimum absolute atomic E-state index is 0.151. The van der Waals surface area contributed by atoms with Gasteiger partial charge >= 0.3 is 0 Å². The van der Waals surface area contributed by atoms with E-state index in [-0.39, 0.29) is 12.1 Å². The Hall–Kier alpha value is -1.85. The van der Waals surface area contributed by atoms with Crippen LogP contribution in [0.25, 0.3) is 0 Å². The molecular formula is C18H22N2O2S. The maximum atomic E-state index is 13.1. The summed E-state index contributed by atoms with van der Waals surface area (Å²) >= 11 is 0. The van der Waals surface area contributed by atoms with Crippen molar-refractivity contribution in [1.82, 2.24) is 5.32 Å². The minimum atomic E-state index is -3.57. The number of benzene rings is 2. The lowest BCUT2D eigenvalue weighted by Crippen LogP contribution is -2.29. The zero-order valence-electron chi connectivity index (χ0n) is 13.9. The highest BCUT2D eigenvalue weighted by Crippen LogP contribution is 2.40. The second-order valence-corrected chi connectivity index (χ2v) is 8.26. The highest BCUT2D eigenvalue weighted by atomic mass is 32.2. The van der Waals surface area contributed by atoms with Gasteiger partial charge in [-0.05, 0) is 49.6 Å². The van der Waals surface area contributed by atoms with E-state index in [1.54, 1.807) is 13.1 Å². The van der Waals surface area contributed by atoms with Crippen molar-refractivity contribution in [3.05, 3.63) is 59.2 Å². The number of hydrogen-bond donors (Lipinski definition) is 1. The molecule has 1 aliphatic heterocycles. The van der Waals surface area contributed by atoms with E-state index in [4.69, 9.17) is 0 Å². The normalized spacial score (nSPS) is 19.2. The fourth-order valence-electron chi connectivity index (χ4n) is 3.08. The molecular weight excluding hydrogens is 308 g/mol. The molecule has 1 unspecified atom stereocenters. The van der Waals surface area contributed by atoms with E-state index >= 15 is 0 Å². The van der Waals surface area contributed by atoms with Crippen molar-refractivity contribution in [2.24, 2.45) is 0 Å². The van der Waals surface area contributed by atoms with E-state index in [9.17, 15) is 8.42 Å². The number of nitrogens with zero attached hydrogens (tertiary/aromatic N) is 1. The standard InChI is InChI=1S/C18H22N2O2S/c1-12(2)19-18-14-7-5-6-8-16(14)20(4)23(21,22)17-11-13(3)9-10-15(17)18/h5-12,18-19H,1-4H3. The molecule has 23 heavy (non-hydrogen) atoms. The number of anilines is 1. The molecule has 2 aromatic rings. The number of nitrogens with one attached hydrogen (secondary N) is 1. The largest absolute Gasteiger partial charge is 0.304 e. The van der Waals surface area contributed by atoms with Gasteiger partial charge in [0.05, 0.1) is 16.6 Å². The first-order valence-electron chi connectivity index (χ1n) is 7.77. The van der Waals surface area contributed by atoms with Crippen molar-refractivity contribution in [1.29, 1.82) is 0 Å². The topological polar surface area (TPSA) is 49.4 Å². The van der Waals surface area contributed by atoms with Gasteiger partial charge in [0.25, 0.3) is 10.0 Å². The fraction of sp³-hybridized carbons (Fsp3) is 0.333. The number of para-hydroxylation sites is 1. The van der Waals surface area contributed by atoms with Crippen molar-refractivity contribution in [2.45, 2.75) is 37.8 Å². The van der Waals surface area contributed by atoms with Gasteiger partial charge in [-0.3, -0.25) is 4.31 Å². The summed E-state index contributed by atoms with van der Waals surface area (Å²) in [6.45, 7) is 6.05. The molecule has 0 spiro atoms. The molecule has 0 aliphatic carbocycles. The Morgan fingerprint density at radius 2 is 1.78 bits per heavy atom. The summed E-state index contributed by atoms with van der Waals surface area (Å²) in [4.78, 5) is 0.384. The third-order valence-corrected chi connectivity index (χ3v) is 6.03. The highest BCUT2D eigenvalue weighted by Gasteiger charge is 2.34. The molecule has 2 aromatic carbocycles. The summed E-state index contributed by atoms with van der Waals surface area (Å²) in [5, 5.41) is 3.52. The molecule has 0 radical (unpaired) electrons. The van der Waals surface area contributed by atoms with Gasteiger partial charge in [0, 0.05) is 13.1 Å². The average molecular weight is 330 g/mol. The number of aryl methyl sites for hydroxylation is 1. The smallest absolute Gasteiger partial charge is 0.264 e. The van der Waals surface area contributed by atoms with Crippen LogP contribution in [0.4, 0.5) is 5.69 Å². The Morgan fingerprint density at radius 3 is 2.48 bits per heavy atom. The minimum Gasteiger partial charge on any atom is -0.304 e. The molecule has 0 fully saturated rings. The van der Waals surface area contributed by atoms with Gasteiger partial charge < -0.3 is 5.32 Å². The predicted molar refractivity (Wildman–Crippen MR) is 93.3 cm³/mol. The van der Waals surface area contributed by atoms with E-state index in [0.717, 1.165) is 22.4 Å². The van der Waals surface area contributed by atoms with Crippen molar-refractivity contribution in [3.63, 3.8) is 0 Å². The van der Waals surface area contributed by atoms with E-state index in [0.29, 0.717) is 4.90 Å². The Morgan fingerprint density at radius 1 is 1.09 bits per heavy atom. The Kier molecular flexibility index (Phi) is 3.94. The third-order valence-electron chi connectivity index (χ3n) is 4.21. The van der Waals surface area contributed by atoms with E-state index in [2.05, 4.69) is 19.2 Å². The van der Waals surface area contributed by atoms with E-state index < -0.39 is 10.0 Å². The molecule has 5 heteroatoms. The summed E-state index contributed by atoms with van der Waals surface area (Å²) in [6.07, 6.45) is 0. The van der Waals surface area contributed by atoms with Crippen LogP contribution in [0.2, 0.25) is 0 Å². The molecule has 1 aliphatic rings. The van der Waals surface area contributed by atoms with Crippen molar-refractivity contribution in [3.8, 4) is 0 Å². The molecule has 0 saturated carbocycles. The van der Waals surface area contributed by atoms with Crippen molar-refractivity contribution >= 4 is 15.7 Å². The van der Waals surface area contributed by atoms with E-state index in [1.807, 2.05) is 43.3 Å². The van der Waals surface area contributed by atoms with Crippen LogP contribution in [-0.4, -0.2) is 21.5 Å². The molecule has 0 aromatic heterocycles. The summed E-state index contributed by atoms with van der Waals surface area (Å²) < 4.78 is 27.5. The Balaban J connectivity index is 2.36. The van der Waals surface area contributed by atoms with Gasteiger partial charge in [0.2, 0.25) is 0 Å². The van der Waals surface area contributed by atoms with Crippen LogP contribution in [0.5, 0.6) is 0 Å². The van der Waals surface area contributed by atoms with Gasteiger partial charge in [0.15, 0.2) is 0 Å². The quantitative estimate of drug-likeness (QED) is 0.920. The first-order chi connectivity index (χ1) is 10.8. The van der Waals surface area contributed by atoms with Gasteiger partial charge in [0.1, 0.15) is 0 Å². The Bertz CT molecular complexity index is 844. The van der Waals surface area contributed by atoms with Gasteiger partial charge in [-0.25, -0.2) is 8.42 Å². The molecule has 4 nitrogen and oxygen atoms in total. The monoisotopic (exact) mass is 330 g/mol. The maximum absolute atomic E-state index is 13.1. The van der Waals surface area contributed by atoms with Gasteiger partial charge in [-0.2, -0.15) is 0 Å². The zero-order chi connectivity index (χ0) is 16.8. The second-order valence-electron chi connectivity index (χ2n) is 6.33. The van der Waals surface area contributed by atoms with Crippen LogP contribution in [0.3, 0.4) is 0 Å². The summed E-state index contributed by atoms with van der Waals surface area (Å²) in [6, 6.07) is 13.4. The number of rotatable bonds is 2. The molecule has 0 amide bonds. The zero-order valence-corrected chi connectivity index (χ0v) is 14.7. The molecule has 1 atom stereocenters. The molecule has 122 valence electrons. The molecule has 1 N–H and O–H groups in total. The number of fused-ring (bicyclic) bond motifs is 2. The third kappa shape index (κ3) is 2.64. The summed E-state index contributed by atoms with van der Waals surface area (Å²) in [5.74, 6) is 0. The molecule has 1 heterocycles. The summed E-state index contributed by atoms with van der Waals surface area (Å²) in [5.41, 5.74) is 3.45. The maximum Gasteiger partial charge on any atom is 0.264 e. The van der Waals surface area contributed by atoms with E-state index in [1.165, 1.54) is 4.31 Å². The fourth-order valence-corrected chi connectivity index (χ4v) is 4.62. The van der Waals surface area contributed by atoms with Crippen LogP contribution in [0.1, 0.15) is 36.6 Å². The lowest BCUT2D eigenvalue weighted by atomic mass is 9.95. The van der Waals surface area contributed by atoms with Crippen molar-refractivity contribution < 1.29 is 8.42 Å². The average Bonchev–Trinajstić information content (AvgIpc) is 2.57. The first-order valence-corrected chi connectivity index (χ1v) is 9.21. The lowest BCUT2D eigenvalue weighted by Gasteiger charge is -2.23. The molecule has 0 saturated heterocycles. The first kappa shape index (κ1) is 16.0. The predicted octanol–water partition coefficient (Wildman–Crippen LogP) is 3.22. The highest BCUT2D eigenvalue weighted by molar-refractivity contribution is 7.92. The lowest BCUT2D eigenvalue weighted by molar-refractivity contribution is 0.523. The van der Waals surface area contributed by atoms with Gasteiger partial charge in [-0.15, -0.1) is 0 Å². The van der Waals surface area contributed by atoms with Crippen molar-refractivity contribution in [2.75, 3.05) is 11.4 Å². The molecule has 0 bridgehead atoms. The number of sulfonamides is 1. The van der Waals surface area contributed by atoms with Crippen LogP contribution in [0.15, 0.2) is 47.4 Å². The molecule has 3 rings (SSSR count). The second kappa shape index (κ2) is 5.65. The van der Waals surface area contributed by atoms with Gasteiger partial charge in [-0.1, -0.05) is 30.3 Å². The Labute approximate surface area is 138 Å². The van der Waals surface area contributed by atoms with Crippen LogP contribution in [-0.2, 0) is 10.0 Å². The van der Waals surface area contributed by atoms with Crippen LogP contribution < -0.4 is 9.62 Å². The van der Waals surface area contributed by atoms with Crippen LogP contribution in [0, 0.1) is 6.92 Å². The number of hydrogen-bond acceptors (Lipinski definition) is 3. The summed E-state index contributed by atoms with van der Waals surface area (Å²) in [7, 11) is -1.95.